The molecule has 4 rings (SSSR count). The third kappa shape index (κ3) is 3.63. The van der Waals surface area contributed by atoms with Crippen LogP contribution in [0.1, 0.15) is 41.3 Å². The van der Waals surface area contributed by atoms with E-state index in [2.05, 4.69) is 9.88 Å². The standard InChI is InChI=1S/C23H24N4O2S/c1-16-10-11-18(14-17(16)2)30(28,29)21(15-24)22-23(27-12-6-3-7-13-27)26-20-9-5-4-8-19(20)25-22/h4-5,8-11,14,21H,3,6-7,12-13H2,1-2H3/t21-/m0/s1. The molecule has 154 valence electrons. The van der Waals surface area contributed by atoms with E-state index in [-0.39, 0.29) is 10.6 Å². The molecule has 1 fully saturated rings. The van der Waals surface area contributed by atoms with Gasteiger partial charge in [-0.05, 0) is 68.5 Å². The normalized spacial score (nSPS) is 15.7. The molecule has 30 heavy (non-hydrogen) atoms. The third-order valence-corrected chi connectivity index (χ3v) is 7.58. The Hall–Kier alpha value is -2.98. The van der Waals surface area contributed by atoms with E-state index in [1.54, 1.807) is 24.3 Å². The fourth-order valence-electron chi connectivity index (χ4n) is 3.82. The van der Waals surface area contributed by atoms with Crippen LogP contribution < -0.4 is 4.90 Å². The number of aryl methyl sites for hydroxylation is 2. The van der Waals surface area contributed by atoms with Crippen LogP contribution in [0.15, 0.2) is 47.4 Å². The van der Waals surface area contributed by atoms with Crippen LogP contribution in [-0.4, -0.2) is 31.5 Å². The van der Waals surface area contributed by atoms with Crippen molar-refractivity contribution in [1.29, 1.82) is 5.26 Å². The van der Waals surface area contributed by atoms with Crippen LogP contribution in [0.3, 0.4) is 0 Å². The Bertz CT molecular complexity index is 1240. The first kappa shape index (κ1) is 20.3. The van der Waals surface area contributed by atoms with Gasteiger partial charge in [-0.3, -0.25) is 0 Å². The Morgan fingerprint density at radius 3 is 2.27 bits per heavy atom. The summed E-state index contributed by atoms with van der Waals surface area (Å²) in [5.74, 6) is 0.507. The Balaban J connectivity index is 1.90. The highest BCUT2D eigenvalue weighted by molar-refractivity contribution is 7.92. The van der Waals surface area contributed by atoms with E-state index >= 15 is 0 Å². The molecule has 1 aliphatic rings. The molecule has 6 nitrogen and oxygen atoms in total. The molecule has 3 aromatic rings. The fraction of sp³-hybridized carbons (Fsp3) is 0.348. The molecule has 0 bridgehead atoms. The SMILES string of the molecule is Cc1ccc(S(=O)(=O)[C@@H](C#N)c2nc3ccccc3nc2N2CCCCC2)cc1C. The first-order valence-corrected chi connectivity index (χ1v) is 11.7. The van der Waals surface area contributed by atoms with Crippen LogP contribution in [0.2, 0.25) is 0 Å². The number of nitrogens with zero attached hydrogens (tertiary/aromatic N) is 4. The summed E-state index contributed by atoms with van der Waals surface area (Å²) in [6.07, 6.45) is 3.15. The molecular formula is C23H24N4O2S. The fourth-order valence-corrected chi connectivity index (χ4v) is 5.28. The Labute approximate surface area is 177 Å². The summed E-state index contributed by atoms with van der Waals surface area (Å²) in [5.41, 5.74) is 3.37. The van der Waals surface area contributed by atoms with Crippen LogP contribution in [-0.2, 0) is 9.84 Å². The zero-order valence-corrected chi connectivity index (χ0v) is 18.0. The maximum atomic E-state index is 13.5. The molecule has 2 aromatic carbocycles. The van der Waals surface area contributed by atoms with Crippen molar-refractivity contribution in [2.75, 3.05) is 18.0 Å². The number of anilines is 1. The van der Waals surface area contributed by atoms with Gasteiger partial charge in [-0.15, -0.1) is 0 Å². The van der Waals surface area contributed by atoms with E-state index in [4.69, 9.17) is 4.98 Å². The molecule has 0 spiro atoms. The number of aromatic nitrogens is 2. The summed E-state index contributed by atoms with van der Waals surface area (Å²) in [7, 11) is -3.96. The Morgan fingerprint density at radius 2 is 1.63 bits per heavy atom. The number of piperidine rings is 1. The van der Waals surface area contributed by atoms with Gasteiger partial charge in [0.2, 0.25) is 9.84 Å². The molecular weight excluding hydrogens is 396 g/mol. The summed E-state index contributed by atoms with van der Waals surface area (Å²) < 4.78 is 27.0. The maximum Gasteiger partial charge on any atom is 0.200 e. The van der Waals surface area contributed by atoms with Crippen molar-refractivity contribution in [3.05, 3.63) is 59.3 Å². The van der Waals surface area contributed by atoms with Gasteiger partial charge in [0.1, 0.15) is 5.69 Å². The lowest BCUT2D eigenvalue weighted by Gasteiger charge is -2.30. The number of fused-ring (bicyclic) bond motifs is 1. The van der Waals surface area contributed by atoms with Crippen LogP contribution in [0.4, 0.5) is 5.82 Å². The summed E-state index contributed by atoms with van der Waals surface area (Å²) >= 11 is 0. The number of sulfone groups is 1. The van der Waals surface area contributed by atoms with E-state index < -0.39 is 15.1 Å². The number of nitriles is 1. The molecule has 0 amide bonds. The first-order valence-electron chi connectivity index (χ1n) is 10.1. The highest BCUT2D eigenvalue weighted by Gasteiger charge is 2.35. The molecule has 1 saturated heterocycles. The van der Waals surface area contributed by atoms with Crippen LogP contribution >= 0.6 is 0 Å². The quantitative estimate of drug-likeness (QED) is 0.626. The minimum atomic E-state index is -3.96. The van der Waals surface area contributed by atoms with Gasteiger partial charge in [0.25, 0.3) is 0 Å². The maximum absolute atomic E-state index is 13.5. The summed E-state index contributed by atoms with van der Waals surface area (Å²) in [6.45, 7) is 5.35. The lowest BCUT2D eigenvalue weighted by atomic mass is 10.1. The second-order valence-electron chi connectivity index (χ2n) is 7.77. The second-order valence-corrected chi connectivity index (χ2v) is 9.80. The van der Waals surface area contributed by atoms with Crippen molar-refractivity contribution >= 4 is 26.7 Å². The minimum absolute atomic E-state index is 0.136. The van der Waals surface area contributed by atoms with E-state index in [9.17, 15) is 13.7 Å². The zero-order chi connectivity index (χ0) is 21.3. The van der Waals surface area contributed by atoms with Gasteiger partial charge < -0.3 is 4.90 Å². The van der Waals surface area contributed by atoms with Gasteiger partial charge in [-0.25, -0.2) is 18.4 Å². The van der Waals surface area contributed by atoms with Gasteiger partial charge in [0.05, 0.1) is 22.0 Å². The van der Waals surface area contributed by atoms with Crippen molar-refractivity contribution < 1.29 is 8.42 Å². The highest BCUT2D eigenvalue weighted by Crippen LogP contribution is 2.35. The number of para-hydroxylation sites is 2. The molecule has 1 aliphatic heterocycles. The lowest BCUT2D eigenvalue weighted by Crippen LogP contribution is -2.32. The van der Waals surface area contributed by atoms with Crippen molar-refractivity contribution in [3.8, 4) is 6.07 Å². The van der Waals surface area contributed by atoms with Crippen molar-refractivity contribution in [2.45, 2.75) is 43.3 Å². The van der Waals surface area contributed by atoms with Crippen LogP contribution in [0.25, 0.3) is 11.0 Å². The molecule has 0 unspecified atom stereocenters. The molecule has 0 saturated carbocycles. The van der Waals surface area contributed by atoms with Crippen LogP contribution in [0, 0.1) is 25.2 Å². The predicted octanol–water partition coefficient (Wildman–Crippen LogP) is 4.28. The molecule has 2 heterocycles. The summed E-state index contributed by atoms with van der Waals surface area (Å²) in [6, 6.07) is 14.4. The van der Waals surface area contributed by atoms with Crippen LogP contribution in [0.5, 0.6) is 0 Å². The number of hydrogen-bond donors (Lipinski definition) is 0. The Kier molecular flexibility index (Phi) is 5.44. The molecule has 7 heteroatoms. The molecule has 0 aliphatic carbocycles. The largest absolute Gasteiger partial charge is 0.355 e. The number of hydrogen-bond acceptors (Lipinski definition) is 6. The zero-order valence-electron chi connectivity index (χ0n) is 17.2. The predicted molar refractivity (Wildman–Crippen MR) is 117 cm³/mol. The lowest BCUT2D eigenvalue weighted by molar-refractivity contribution is 0.569. The molecule has 0 radical (unpaired) electrons. The first-order chi connectivity index (χ1) is 14.4. The van der Waals surface area contributed by atoms with Crippen molar-refractivity contribution in [2.24, 2.45) is 0 Å². The molecule has 1 atom stereocenters. The van der Waals surface area contributed by atoms with Gasteiger partial charge in [0, 0.05) is 13.1 Å². The smallest absolute Gasteiger partial charge is 0.200 e. The van der Waals surface area contributed by atoms with E-state index in [1.165, 1.54) is 0 Å². The summed E-state index contributed by atoms with van der Waals surface area (Å²) in [5, 5.41) is 8.56. The average molecular weight is 421 g/mol. The summed E-state index contributed by atoms with van der Waals surface area (Å²) in [4.78, 5) is 11.6. The number of benzene rings is 2. The van der Waals surface area contributed by atoms with Gasteiger partial charge >= 0.3 is 0 Å². The van der Waals surface area contributed by atoms with E-state index in [1.807, 2.05) is 38.1 Å². The topological polar surface area (TPSA) is 86.9 Å². The molecule has 1 aromatic heterocycles. The van der Waals surface area contributed by atoms with Gasteiger partial charge in [-0.2, -0.15) is 5.26 Å². The average Bonchev–Trinajstić information content (AvgIpc) is 2.76. The minimum Gasteiger partial charge on any atom is -0.355 e. The Morgan fingerprint density at radius 1 is 0.967 bits per heavy atom. The van der Waals surface area contributed by atoms with Gasteiger partial charge in [-0.1, -0.05) is 18.2 Å². The monoisotopic (exact) mass is 420 g/mol. The molecule has 0 N–H and O–H groups in total. The van der Waals surface area contributed by atoms with E-state index in [0.717, 1.165) is 43.5 Å². The highest BCUT2D eigenvalue weighted by atomic mass is 32.2. The van der Waals surface area contributed by atoms with Crippen molar-refractivity contribution in [1.82, 2.24) is 9.97 Å². The van der Waals surface area contributed by atoms with Crippen molar-refractivity contribution in [3.63, 3.8) is 0 Å². The third-order valence-electron chi connectivity index (χ3n) is 5.72. The second kappa shape index (κ2) is 8.04. The number of rotatable bonds is 4. The van der Waals surface area contributed by atoms with Gasteiger partial charge in [0.15, 0.2) is 11.1 Å². The van der Waals surface area contributed by atoms with E-state index in [0.29, 0.717) is 16.9 Å².